The zero-order chi connectivity index (χ0) is 11.9. The van der Waals surface area contributed by atoms with Gasteiger partial charge in [-0.2, -0.15) is 0 Å². The van der Waals surface area contributed by atoms with Crippen LogP contribution in [0.3, 0.4) is 0 Å². The first-order valence-electron chi connectivity index (χ1n) is 5.90. The highest BCUT2D eigenvalue weighted by molar-refractivity contribution is 7.73. The van der Waals surface area contributed by atoms with Crippen LogP contribution in [0, 0.1) is 0 Å². The second kappa shape index (κ2) is 6.54. The van der Waals surface area contributed by atoms with E-state index in [0.29, 0.717) is 0 Å². The maximum absolute atomic E-state index is 9.02. The van der Waals surface area contributed by atoms with Gasteiger partial charge in [0.15, 0.2) is 0 Å². The Balaban J connectivity index is 2.26. The number of aliphatic hydroxyl groups is 1. The maximum Gasteiger partial charge on any atom is 0.0434 e. The molecule has 0 aliphatic rings. The highest BCUT2D eigenvalue weighted by Crippen LogP contribution is 2.33. The molecule has 2 aromatic rings. The molecular weight excluding hydrogens is 227 g/mol. The van der Waals surface area contributed by atoms with Crippen molar-refractivity contribution in [1.29, 1.82) is 0 Å². The molecule has 1 nitrogen and oxygen atoms in total. The van der Waals surface area contributed by atoms with Gasteiger partial charge in [-0.25, -0.2) is 0 Å². The van der Waals surface area contributed by atoms with Gasteiger partial charge in [-0.3, -0.25) is 0 Å². The van der Waals surface area contributed by atoms with E-state index in [9.17, 15) is 0 Å². The lowest BCUT2D eigenvalue weighted by molar-refractivity contribution is 0.296. The first kappa shape index (κ1) is 12.3. The third-order valence-corrected chi connectivity index (χ3v) is 5.28. The molecule has 0 aliphatic heterocycles. The minimum Gasteiger partial charge on any atom is -0.396 e. The van der Waals surface area contributed by atoms with Gasteiger partial charge in [0.25, 0.3) is 0 Å². The fourth-order valence-electron chi connectivity index (χ4n) is 1.85. The van der Waals surface area contributed by atoms with E-state index in [1.807, 2.05) is 12.1 Å². The van der Waals surface area contributed by atoms with Crippen molar-refractivity contribution in [3.05, 3.63) is 60.7 Å². The largest absolute Gasteiger partial charge is 0.396 e. The Morgan fingerprint density at radius 2 is 1.24 bits per heavy atom. The zero-order valence-electron chi connectivity index (χ0n) is 9.79. The van der Waals surface area contributed by atoms with E-state index in [4.69, 9.17) is 5.11 Å². The van der Waals surface area contributed by atoms with Gasteiger partial charge < -0.3 is 5.11 Å². The van der Waals surface area contributed by atoms with Crippen LogP contribution < -0.4 is 10.6 Å². The van der Waals surface area contributed by atoms with E-state index in [-0.39, 0.29) is 14.5 Å². The van der Waals surface area contributed by atoms with Gasteiger partial charge in [0, 0.05) is 6.61 Å². The Kier molecular flexibility index (Phi) is 4.73. The Labute approximate surface area is 104 Å². The lowest BCUT2D eigenvalue weighted by atomic mass is 10.4. The van der Waals surface area contributed by atoms with Crippen LogP contribution in [0.4, 0.5) is 0 Å². The number of benzene rings is 2. The highest BCUT2D eigenvalue weighted by Gasteiger charge is 2.12. The Bertz CT molecular complexity index is 388. The topological polar surface area (TPSA) is 20.2 Å². The standard InChI is InChI=1S/C15H17OP/c16-12-7-13-17(14-8-3-1-4-9-14)15-10-5-2-6-11-15/h1-6,8-11,16H,7,12-13H2. The van der Waals surface area contributed by atoms with Crippen LogP contribution in [0.2, 0.25) is 0 Å². The summed E-state index contributed by atoms with van der Waals surface area (Å²) in [4.78, 5) is 0. The van der Waals surface area contributed by atoms with Gasteiger partial charge in [-0.1, -0.05) is 60.7 Å². The molecule has 0 aliphatic carbocycles. The summed E-state index contributed by atoms with van der Waals surface area (Å²) in [6.45, 7) is 0.276. The van der Waals surface area contributed by atoms with Crippen molar-refractivity contribution in [3.63, 3.8) is 0 Å². The maximum atomic E-state index is 9.02. The van der Waals surface area contributed by atoms with Crippen LogP contribution in [0.25, 0.3) is 0 Å². The molecule has 88 valence electrons. The molecule has 0 radical (unpaired) electrons. The normalized spacial score (nSPS) is 10.7. The summed E-state index contributed by atoms with van der Waals surface area (Å²) in [6, 6.07) is 21.2. The molecule has 0 heterocycles. The van der Waals surface area contributed by atoms with Crippen LogP contribution >= 0.6 is 7.92 Å². The van der Waals surface area contributed by atoms with E-state index in [0.717, 1.165) is 12.6 Å². The molecule has 0 spiro atoms. The molecule has 2 heteroatoms. The molecule has 0 fully saturated rings. The smallest absolute Gasteiger partial charge is 0.0434 e. The van der Waals surface area contributed by atoms with Gasteiger partial charge in [-0.15, -0.1) is 0 Å². The van der Waals surface area contributed by atoms with E-state index in [1.54, 1.807) is 0 Å². The van der Waals surface area contributed by atoms with Gasteiger partial charge in [0.1, 0.15) is 0 Å². The van der Waals surface area contributed by atoms with Crippen LogP contribution in [0.15, 0.2) is 60.7 Å². The van der Waals surface area contributed by atoms with E-state index in [1.165, 1.54) is 10.6 Å². The molecule has 0 saturated carbocycles. The zero-order valence-corrected chi connectivity index (χ0v) is 10.7. The molecule has 0 saturated heterocycles. The predicted octanol–water partition coefficient (Wildman–Crippen LogP) is 2.50. The molecule has 2 rings (SSSR count). The second-order valence-electron chi connectivity index (χ2n) is 3.90. The number of rotatable bonds is 5. The lowest BCUT2D eigenvalue weighted by Gasteiger charge is -2.18. The van der Waals surface area contributed by atoms with Crippen LogP contribution in [0.5, 0.6) is 0 Å². The molecule has 0 unspecified atom stereocenters. The molecule has 1 N–H and O–H groups in total. The summed E-state index contributed by atoms with van der Waals surface area (Å²) >= 11 is 0. The third kappa shape index (κ3) is 3.39. The van der Waals surface area contributed by atoms with Crippen molar-refractivity contribution >= 4 is 18.5 Å². The molecule has 17 heavy (non-hydrogen) atoms. The summed E-state index contributed by atoms with van der Waals surface area (Å²) < 4.78 is 0. The summed E-state index contributed by atoms with van der Waals surface area (Å²) in [5.41, 5.74) is 0. The van der Waals surface area contributed by atoms with Gasteiger partial charge in [0.2, 0.25) is 0 Å². The minimum absolute atomic E-state index is 0.276. The molecule has 0 amide bonds. The monoisotopic (exact) mass is 244 g/mol. The average Bonchev–Trinajstić information content (AvgIpc) is 2.42. The van der Waals surface area contributed by atoms with Crippen LogP contribution in [0.1, 0.15) is 6.42 Å². The first-order chi connectivity index (χ1) is 8.42. The number of aliphatic hydroxyl groups excluding tert-OH is 1. The highest BCUT2D eigenvalue weighted by atomic mass is 31.1. The van der Waals surface area contributed by atoms with Crippen molar-refractivity contribution < 1.29 is 5.11 Å². The van der Waals surface area contributed by atoms with Crippen molar-refractivity contribution in [2.75, 3.05) is 12.8 Å². The van der Waals surface area contributed by atoms with E-state index >= 15 is 0 Å². The van der Waals surface area contributed by atoms with Gasteiger partial charge in [-0.05, 0) is 31.1 Å². The quantitative estimate of drug-likeness (QED) is 0.801. The van der Waals surface area contributed by atoms with Crippen LogP contribution in [-0.4, -0.2) is 17.9 Å². The number of hydrogen-bond donors (Lipinski definition) is 1. The van der Waals surface area contributed by atoms with Crippen molar-refractivity contribution in [2.24, 2.45) is 0 Å². The van der Waals surface area contributed by atoms with E-state index in [2.05, 4.69) is 48.5 Å². The minimum atomic E-state index is -0.317. The Hall–Kier alpha value is -1.17. The molecule has 0 atom stereocenters. The van der Waals surface area contributed by atoms with Crippen LogP contribution in [-0.2, 0) is 0 Å². The number of hydrogen-bond acceptors (Lipinski definition) is 1. The Morgan fingerprint density at radius 3 is 1.65 bits per heavy atom. The third-order valence-electron chi connectivity index (χ3n) is 2.68. The van der Waals surface area contributed by atoms with Crippen molar-refractivity contribution in [3.8, 4) is 0 Å². The molecule has 0 bridgehead atoms. The molecular formula is C15H17OP. The summed E-state index contributed by atoms with van der Waals surface area (Å²) in [6.07, 6.45) is 1.93. The summed E-state index contributed by atoms with van der Waals surface area (Å²) in [5.74, 6) is 0. The first-order valence-corrected chi connectivity index (χ1v) is 7.43. The fourth-order valence-corrected chi connectivity index (χ4v) is 4.19. The lowest BCUT2D eigenvalue weighted by Crippen LogP contribution is -2.14. The van der Waals surface area contributed by atoms with E-state index < -0.39 is 0 Å². The van der Waals surface area contributed by atoms with Crippen molar-refractivity contribution in [2.45, 2.75) is 6.42 Å². The Morgan fingerprint density at radius 1 is 0.765 bits per heavy atom. The molecule has 2 aromatic carbocycles. The predicted molar refractivity (Wildman–Crippen MR) is 75.6 cm³/mol. The SMILES string of the molecule is OCCCP(c1ccccc1)c1ccccc1. The van der Waals surface area contributed by atoms with Gasteiger partial charge in [0.05, 0.1) is 0 Å². The van der Waals surface area contributed by atoms with Crippen molar-refractivity contribution in [1.82, 2.24) is 0 Å². The second-order valence-corrected chi connectivity index (χ2v) is 6.24. The van der Waals surface area contributed by atoms with Gasteiger partial charge >= 0.3 is 0 Å². The summed E-state index contributed by atoms with van der Waals surface area (Å²) in [5, 5.41) is 11.8. The fraction of sp³-hybridized carbons (Fsp3) is 0.200. The summed E-state index contributed by atoms with van der Waals surface area (Å²) in [7, 11) is -0.317. The molecule has 0 aromatic heterocycles. The average molecular weight is 244 g/mol.